The summed E-state index contributed by atoms with van der Waals surface area (Å²) >= 11 is 7.02. The van der Waals surface area contributed by atoms with Gasteiger partial charge in [-0.2, -0.15) is 0 Å². The van der Waals surface area contributed by atoms with Crippen LogP contribution in [0.5, 0.6) is 11.5 Å². The minimum atomic E-state index is 0.207. The fraction of sp³-hybridized carbons (Fsp3) is 0.333. The number of ether oxygens (including phenoxy) is 1. The highest BCUT2D eigenvalue weighted by Gasteiger charge is 2.17. The van der Waals surface area contributed by atoms with Gasteiger partial charge in [-0.15, -0.1) is 0 Å². The van der Waals surface area contributed by atoms with Crippen molar-refractivity contribution < 1.29 is 4.74 Å². The molecule has 0 aliphatic heterocycles. The van der Waals surface area contributed by atoms with Crippen molar-refractivity contribution in [1.82, 2.24) is 0 Å². The molecular weight excluding hydrogens is 392 g/mol. The molecule has 3 heteroatoms. The highest BCUT2D eigenvalue weighted by atomic mass is 79.9. The molecule has 2 aromatic carbocycles. The fourth-order valence-electron chi connectivity index (χ4n) is 2.01. The molecule has 0 N–H and O–H groups in total. The summed E-state index contributed by atoms with van der Waals surface area (Å²) in [6, 6.07) is 14.4. The number of hydrogen-bond donors (Lipinski definition) is 0. The Morgan fingerprint density at radius 3 is 2.14 bits per heavy atom. The van der Waals surface area contributed by atoms with E-state index in [1.165, 1.54) is 11.1 Å². The average molecular weight is 412 g/mol. The minimum Gasteiger partial charge on any atom is -0.457 e. The van der Waals surface area contributed by atoms with Crippen molar-refractivity contribution in [3.8, 4) is 11.5 Å². The Morgan fingerprint density at radius 1 is 1.00 bits per heavy atom. The van der Waals surface area contributed by atoms with Crippen molar-refractivity contribution in [1.29, 1.82) is 0 Å². The predicted molar refractivity (Wildman–Crippen MR) is 96.6 cm³/mol. The van der Waals surface area contributed by atoms with Crippen LogP contribution in [-0.4, -0.2) is 0 Å². The molecule has 0 saturated heterocycles. The van der Waals surface area contributed by atoms with Gasteiger partial charge in [0.1, 0.15) is 11.5 Å². The molecule has 0 saturated carbocycles. The SMILES string of the molecule is CCC(C)(C)c1ccc(Oc2ccc(CBr)c(Br)c2)cc1. The van der Waals surface area contributed by atoms with Crippen LogP contribution >= 0.6 is 31.9 Å². The minimum absolute atomic E-state index is 0.207. The second kappa shape index (κ2) is 6.97. The zero-order valence-electron chi connectivity index (χ0n) is 12.6. The summed E-state index contributed by atoms with van der Waals surface area (Å²) in [6.07, 6.45) is 1.12. The molecule has 0 atom stereocenters. The predicted octanol–water partition coefficient (Wildman–Crippen LogP) is 6.82. The first-order valence-electron chi connectivity index (χ1n) is 7.09. The molecular formula is C18H20Br2O. The zero-order valence-corrected chi connectivity index (χ0v) is 15.8. The third-order valence-corrected chi connectivity index (χ3v) is 5.27. The van der Waals surface area contributed by atoms with Crippen molar-refractivity contribution in [3.05, 3.63) is 58.1 Å². The van der Waals surface area contributed by atoms with E-state index in [1.807, 2.05) is 24.3 Å². The quantitative estimate of drug-likeness (QED) is 0.490. The molecule has 0 amide bonds. The van der Waals surface area contributed by atoms with E-state index < -0.39 is 0 Å². The van der Waals surface area contributed by atoms with Gasteiger partial charge in [0.25, 0.3) is 0 Å². The summed E-state index contributed by atoms with van der Waals surface area (Å²) in [6.45, 7) is 6.74. The van der Waals surface area contributed by atoms with Gasteiger partial charge in [0, 0.05) is 9.80 Å². The van der Waals surface area contributed by atoms with Gasteiger partial charge in [-0.25, -0.2) is 0 Å². The van der Waals surface area contributed by atoms with Crippen LogP contribution in [0, 0.1) is 0 Å². The van der Waals surface area contributed by atoms with E-state index in [2.05, 4.69) is 70.8 Å². The molecule has 21 heavy (non-hydrogen) atoms. The Kier molecular flexibility index (Phi) is 5.50. The summed E-state index contributed by atoms with van der Waals surface area (Å²) in [4.78, 5) is 0. The third kappa shape index (κ3) is 4.10. The number of alkyl halides is 1. The van der Waals surface area contributed by atoms with Gasteiger partial charge in [0.15, 0.2) is 0 Å². The van der Waals surface area contributed by atoms with Gasteiger partial charge in [-0.1, -0.05) is 70.8 Å². The highest BCUT2D eigenvalue weighted by molar-refractivity contribution is 9.10. The second-order valence-corrected chi connectivity index (χ2v) is 7.17. The molecule has 0 bridgehead atoms. The Morgan fingerprint density at radius 2 is 1.62 bits per heavy atom. The van der Waals surface area contributed by atoms with Gasteiger partial charge in [0.05, 0.1) is 0 Å². The van der Waals surface area contributed by atoms with Crippen LogP contribution in [0.2, 0.25) is 0 Å². The van der Waals surface area contributed by atoms with Crippen molar-refractivity contribution in [2.45, 2.75) is 37.9 Å². The van der Waals surface area contributed by atoms with E-state index in [0.29, 0.717) is 0 Å². The first kappa shape index (κ1) is 16.6. The van der Waals surface area contributed by atoms with E-state index in [-0.39, 0.29) is 5.41 Å². The van der Waals surface area contributed by atoms with Crippen molar-refractivity contribution in [3.63, 3.8) is 0 Å². The van der Waals surface area contributed by atoms with E-state index in [9.17, 15) is 0 Å². The standard InChI is InChI=1S/C18H20Br2O/c1-4-18(2,3)14-6-9-15(10-7-14)21-16-8-5-13(12-19)17(20)11-16/h5-11H,4,12H2,1-3H3. The first-order valence-corrected chi connectivity index (χ1v) is 9.00. The van der Waals surface area contributed by atoms with E-state index in [4.69, 9.17) is 4.74 Å². The molecule has 112 valence electrons. The van der Waals surface area contributed by atoms with Crippen molar-refractivity contribution in [2.75, 3.05) is 0 Å². The maximum atomic E-state index is 5.91. The van der Waals surface area contributed by atoms with E-state index in [1.54, 1.807) is 0 Å². The third-order valence-electron chi connectivity index (χ3n) is 3.92. The normalized spacial score (nSPS) is 11.5. The van der Waals surface area contributed by atoms with Crippen molar-refractivity contribution in [2.24, 2.45) is 0 Å². The van der Waals surface area contributed by atoms with Gasteiger partial charge < -0.3 is 4.74 Å². The van der Waals surface area contributed by atoms with Crippen LogP contribution in [-0.2, 0) is 10.7 Å². The maximum Gasteiger partial charge on any atom is 0.128 e. The highest BCUT2D eigenvalue weighted by Crippen LogP contribution is 2.31. The molecule has 2 aromatic rings. The summed E-state index contributed by atoms with van der Waals surface area (Å²) in [5, 5.41) is 0.828. The monoisotopic (exact) mass is 410 g/mol. The van der Waals surface area contributed by atoms with Gasteiger partial charge in [-0.3, -0.25) is 0 Å². The van der Waals surface area contributed by atoms with Gasteiger partial charge in [-0.05, 0) is 47.2 Å². The Hall–Kier alpha value is -0.800. The maximum absolute atomic E-state index is 5.91. The van der Waals surface area contributed by atoms with Crippen molar-refractivity contribution >= 4 is 31.9 Å². The van der Waals surface area contributed by atoms with E-state index >= 15 is 0 Å². The van der Waals surface area contributed by atoms with Crippen LogP contribution in [0.15, 0.2) is 46.9 Å². The van der Waals surface area contributed by atoms with Crippen LogP contribution in [0.25, 0.3) is 0 Å². The fourth-order valence-corrected chi connectivity index (χ4v) is 3.38. The lowest BCUT2D eigenvalue weighted by Gasteiger charge is -2.23. The summed E-state index contributed by atoms with van der Waals surface area (Å²) in [5.41, 5.74) is 2.76. The second-order valence-electron chi connectivity index (χ2n) is 5.75. The lowest BCUT2D eigenvalue weighted by Crippen LogP contribution is -2.14. The Balaban J connectivity index is 2.15. The molecule has 0 aliphatic rings. The summed E-state index contributed by atoms with van der Waals surface area (Å²) in [7, 11) is 0. The largest absolute Gasteiger partial charge is 0.457 e. The molecule has 0 aromatic heterocycles. The van der Waals surface area contributed by atoms with Crippen LogP contribution in [0.1, 0.15) is 38.3 Å². The average Bonchev–Trinajstić information content (AvgIpc) is 2.48. The number of rotatable bonds is 5. The molecule has 1 nitrogen and oxygen atoms in total. The number of hydrogen-bond acceptors (Lipinski definition) is 1. The molecule has 0 aliphatic carbocycles. The topological polar surface area (TPSA) is 9.23 Å². The Bertz CT molecular complexity index is 603. The zero-order chi connectivity index (χ0) is 15.5. The summed E-state index contributed by atoms with van der Waals surface area (Å²) < 4.78 is 6.97. The molecule has 0 heterocycles. The van der Waals surface area contributed by atoms with E-state index in [0.717, 1.165) is 27.7 Å². The molecule has 0 unspecified atom stereocenters. The summed E-state index contributed by atoms with van der Waals surface area (Å²) in [5.74, 6) is 1.71. The number of benzene rings is 2. The van der Waals surface area contributed by atoms with Gasteiger partial charge >= 0.3 is 0 Å². The lowest BCUT2D eigenvalue weighted by molar-refractivity contribution is 0.477. The van der Waals surface area contributed by atoms with Crippen LogP contribution in [0.3, 0.4) is 0 Å². The first-order chi connectivity index (χ1) is 9.96. The molecule has 0 radical (unpaired) electrons. The molecule has 0 fully saturated rings. The lowest BCUT2D eigenvalue weighted by atomic mass is 9.82. The van der Waals surface area contributed by atoms with Crippen LogP contribution in [0.4, 0.5) is 0 Å². The smallest absolute Gasteiger partial charge is 0.128 e. The van der Waals surface area contributed by atoms with Crippen LogP contribution < -0.4 is 4.74 Å². The molecule has 2 rings (SSSR count). The molecule has 0 spiro atoms. The number of halogens is 2. The Labute approximate surface area is 144 Å². The van der Waals surface area contributed by atoms with Gasteiger partial charge in [0.2, 0.25) is 0 Å².